The van der Waals surface area contributed by atoms with E-state index in [1.54, 1.807) is 22.6 Å². The molecule has 0 radical (unpaired) electrons. The molecule has 0 bridgehead atoms. The number of rotatable bonds is 1. The minimum Gasteiger partial charge on any atom is -0.303 e. The average molecular weight is 306 g/mol. The molecule has 7 heteroatoms. The largest absolute Gasteiger partial charge is 0.303 e. The number of nitriles is 1. The maximum Gasteiger partial charge on any atom is 0.148 e. The second kappa shape index (κ2) is 4.32. The van der Waals surface area contributed by atoms with Crippen LogP contribution in [0.25, 0.3) is 10.8 Å². The van der Waals surface area contributed by atoms with Gasteiger partial charge >= 0.3 is 0 Å². The van der Waals surface area contributed by atoms with Gasteiger partial charge in [-0.1, -0.05) is 0 Å². The number of nitrogens with one attached hydrogen (secondary N) is 1. The first kappa shape index (κ1) is 14.1. The van der Waals surface area contributed by atoms with Crippen LogP contribution in [0.1, 0.15) is 12.6 Å². The molecule has 112 valence electrons. The molecule has 0 amide bonds. The fourth-order valence-corrected chi connectivity index (χ4v) is 5.46. The summed E-state index contributed by atoms with van der Waals surface area (Å²) in [6, 6.07) is 9.30. The molecule has 0 aliphatic carbocycles. The molecule has 3 N–H and O–H groups in total. The molecule has 21 heavy (non-hydrogen) atoms. The summed E-state index contributed by atoms with van der Waals surface area (Å²) in [5, 5.41) is 10.7. The summed E-state index contributed by atoms with van der Waals surface area (Å²) in [4.78, 5) is 4.03. The highest BCUT2D eigenvalue weighted by molar-refractivity contribution is 8.40. The molecule has 0 spiro atoms. The van der Waals surface area contributed by atoms with Crippen molar-refractivity contribution in [1.82, 2.24) is 9.71 Å². The van der Waals surface area contributed by atoms with Gasteiger partial charge in [-0.3, -0.25) is 4.31 Å². The third kappa shape index (κ3) is 2.22. The Balaban J connectivity index is 2.17. The van der Waals surface area contributed by atoms with Crippen LogP contribution in [0.5, 0.6) is 0 Å². The van der Waals surface area contributed by atoms with Crippen molar-refractivity contribution in [1.29, 1.82) is 5.26 Å². The maximum atomic E-state index is 10.6. The number of fused-ring (bicyclic) bond motifs is 1. The fourth-order valence-electron chi connectivity index (χ4n) is 2.91. The molecule has 1 aliphatic heterocycles. The van der Waals surface area contributed by atoms with E-state index < -0.39 is 10.1 Å². The molecular formula is C14H18N4O2S. The normalized spacial score (nSPS) is 25.2. The predicted molar refractivity (Wildman–Crippen MR) is 86.6 cm³/mol. The number of hydrogen-bond donors (Lipinski definition) is 4. The quantitative estimate of drug-likeness (QED) is 0.605. The predicted octanol–water partition coefficient (Wildman–Crippen LogP) is 2.38. The first-order chi connectivity index (χ1) is 9.80. The standard InChI is InChI=1S/C14H18N4O2S/c1-10-9-17-21(2,19,20)18(10)12-3-4-13-11(7-12)5-6-16-14(13)8-15/h3-7,10,17,19-21H,9H2,1-2H3/t10-/m0/s1. The second-order valence-corrected chi connectivity index (χ2v) is 9.16. The molecule has 1 aromatic heterocycles. The van der Waals surface area contributed by atoms with Crippen LogP contribution in [0.2, 0.25) is 0 Å². The van der Waals surface area contributed by atoms with Gasteiger partial charge in [0, 0.05) is 24.4 Å². The number of benzene rings is 1. The summed E-state index contributed by atoms with van der Waals surface area (Å²) >= 11 is 0. The molecule has 6 nitrogen and oxygen atoms in total. The van der Waals surface area contributed by atoms with Crippen molar-refractivity contribution >= 4 is 26.6 Å². The number of pyridine rings is 1. The molecule has 0 unspecified atom stereocenters. The summed E-state index contributed by atoms with van der Waals surface area (Å²) in [6.07, 6.45) is 3.03. The number of nitrogens with zero attached hydrogens (tertiary/aromatic N) is 3. The smallest absolute Gasteiger partial charge is 0.148 e. The highest BCUT2D eigenvalue weighted by Crippen LogP contribution is 2.63. The van der Waals surface area contributed by atoms with Gasteiger partial charge in [0.15, 0.2) is 0 Å². The Kier molecular flexibility index (Phi) is 2.90. The third-order valence-electron chi connectivity index (χ3n) is 3.81. The summed E-state index contributed by atoms with van der Waals surface area (Å²) in [7, 11) is -4.06. The van der Waals surface area contributed by atoms with Crippen LogP contribution in [0.3, 0.4) is 0 Å². The molecule has 1 saturated heterocycles. The van der Waals surface area contributed by atoms with Crippen LogP contribution in [0.15, 0.2) is 30.5 Å². The Morgan fingerprint density at radius 2 is 2.19 bits per heavy atom. The van der Waals surface area contributed by atoms with Crippen LogP contribution in [-0.4, -0.2) is 32.9 Å². The lowest BCUT2D eigenvalue weighted by atomic mass is 10.1. The van der Waals surface area contributed by atoms with E-state index in [0.717, 1.165) is 16.5 Å². The third-order valence-corrected chi connectivity index (χ3v) is 6.39. The van der Waals surface area contributed by atoms with E-state index in [4.69, 9.17) is 5.26 Å². The molecule has 0 saturated carbocycles. The van der Waals surface area contributed by atoms with Gasteiger partial charge in [0.2, 0.25) is 0 Å². The van der Waals surface area contributed by atoms with E-state index in [2.05, 4.69) is 15.8 Å². The van der Waals surface area contributed by atoms with Crippen LogP contribution in [-0.2, 0) is 0 Å². The van der Waals surface area contributed by atoms with E-state index in [1.807, 2.05) is 19.1 Å². The van der Waals surface area contributed by atoms with Crippen molar-refractivity contribution in [3.8, 4) is 6.07 Å². The van der Waals surface area contributed by atoms with Gasteiger partial charge in [0.1, 0.15) is 11.8 Å². The van der Waals surface area contributed by atoms with E-state index in [0.29, 0.717) is 12.2 Å². The number of aromatic nitrogens is 1. The molecule has 1 fully saturated rings. The maximum absolute atomic E-state index is 10.6. The Labute approximate surface area is 123 Å². The van der Waals surface area contributed by atoms with Crippen molar-refractivity contribution in [2.45, 2.75) is 13.0 Å². The van der Waals surface area contributed by atoms with Gasteiger partial charge in [0.05, 0.1) is 11.7 Å². The lowest BCUT2D eigenvalue weighted by Crippen LogP contribution is -2.40. The van der Waals surface area contributed by atoms with Gasteiger partial charge in [-0.2, -0.15) is 5.26 Å². The SMILES string of the molecule is C[C@H]1CN[SH](C)(O)(O)N1c1ccc2c(C#N)nccc2c1. The van der Waals surface area contributed by atoms with Crippen LogP contribution < -0.4 is 9.03 Å². The minimum atomic E-state index is -4.06. The topological polar surface area (TPSA) is 92.4 Å². The first-order valence-corrected chi connectivity index (χ1v) is 9.20. The molecule has 1 atom stereocenters. The zero-order valence-corrected chi connectivity index (χ0v) is 12.7. The first-order valence-electron chi connectivity index (χ1n) is 6.66. The molecule has 2 heterocycles. The second-order valence-electron chi connectivity index (χ2n) is 5.62. The molecule has 2 aromatic rings. The Hall–Kier alpha value is -1.85. The molecular weight excluding hydrogens is 288 g/mol. The van der Waals surface area contributed by atoms with Crippen molar-refractivity contribution in [2.24, 2.45) is 0 Å². The fraction of sp³-hybridized carbons (Fsp3) is 0.286. The average Bonchev–Trinajstić information content (AvgIpc) is 2.67. The van der Waals surface area contributed by atoms with Gasteiger partial charge in [-0.25, -0.2) is 19.8 Å². The molecule has 1 aliphatic rings. The minimum absolute atomic E-state index is 0.0302. The Morgan fingerprint density at radius 3 is 2.81 bits per heavy atom. The van der Waals surface area contributed by atoms with E-state index in [1.165, 1.54) is 6.26 Å². The summed E-state index contributed by atoms with van der Waals surface area (Å²) in [5.74, 6) is 0. The van der Waals surface area contributed by atoms with Crippen LogP contribution in [0, 0.1) is 11.3 Å². The van der Waals surface area contributed by atoms with Crippen molar-refractivity contribution in [3.63, 3.8) is 0 Å². The lowest BCUT2D eigenvalue weighted by Gasteiger charge is -2.61. The summed E-state index contributed by atoms with van der Waals surface area (Å²) in [5.41, 5.74) is 1.09. The van der Waals surface area contributed by atoms with Crippen molar-refractivity contribution in [2.75, 3.05) is 17.1 Å². The zero-order valence-electron chi connectivity index (χ0n) is 11.9. The van der Waals surface area contributed by atoms with Gasteiger partial charge in [0.25, 0.3) is 0 Å². The highest BCUT2D eigenvalue weighted by Gasteiger charge is 2.39. The number of thiol groups is 1. The van der Waals surface area contributed by atoms with Gasteiger partial charge in [-0.05, 0) is 36.6 Å². The Morgan fingerprint density at radius 1 is 1.43 bits per heavy atom. The van der Waals surface area contributed by atoms with Crippen molar-refractivity contribution in [3.05, 3.63) is 36.2 Å². The highest BCUT2D eigenvalue weighted by atomic mass is 32.3. The van der Waals surface area contributed by atoms with Gasteiger partial charge in [-0.15, -0.1) is 0 Å². The van der Waals surface area contributed by atoms with Crippen LogP contribution >= 0.6 is 10.1 Å². The van der Waals surface area contributed by atoms with Crippen LogP contribution in [0.4, 0.5) is 5.69 Å². The van der Waals surface area contributed by atoms with Crippen molar-refractivity contribution < 1.29 is 9.11 Å². The summed E-state index contributed by atoms with van der Waals surface area (Å²) in [6.45, 7) is 2.45. The molecule has 3 rings (SSSR count). The van der Waals surface area contributed by atoms with E-state index in [-0.39, 0.29) is 6.04 Å². The lowest BCUT2D eigenvalue weighted by molar-refractivity contribution is 0.455. The van der Waals surface area contributed by atoms with E-state index in [9.17, 15) is 9.11 Å². The molecule has 1 aromatic carbocycles. The Bertz CT molecular complexity index is 763. The summed E-state index contributed by atoms with van der Waals surface area (Å²) < 4.78 is 25.6. The van der Waals surface area contributed by atoms with Gasteiger partial charge < -0.3 is 9.11 Å². The van der Waals surface area contributed by atoms with E-state index >= 15 is 0 Å². The monoisotopic (exact) mass is 306 g/mol. The number of hydrogen-bond acceptors (Lipinski definition) is 6. The number of anilines is 1. The zero-order chi connectivity index (χ0) is 15.3.